The van der Waals surface area contributed by atoms with Crippen molar-refractivity contribution in [1.29, 1.82) is 0 Å². The normalized spacial score (nSPS) is 10.1. The molecule has 0 aliphatic heterocycles. The third kappa shape index (κ3) is 2.24. The molecule has 0 N–H and O–H groups in total. The lowest BCUT2D eigenvalue weighted by atomic mass is 10.0. The third-order valence-corrected chi connectivity index (χ3v) is 2.44. The largest absolute Gasteiger partial charge is 0.288 e. The van der Waals surface area contributed by atoms with Crippen LogP contribution in [-0.4, -0.2) is 10.7 Å². The SMILES string of the molecule is O=C(c1ccccc1)c1ccc(F)cc1[N+](=O)[O-]. The Morgan fingerprint density at radius 2 is 1.78 bits per heavy atom. The Labute approximate surface area is 102 Å². The molecule has 0 fully saturated rings. The Kier molecular flexibility index (Phi) is 3.14. The topological polar surface area (TPSA) is 60.2 Å². The van der Waals surface area contributed by atoms with Crippen molar-refractivity contribution >= 4 is 11.5 Å². The van der Waals surface area contributed by atoms with Gasteiger partial charge in [0.25, 0.3) is 5.69 Å². The Hall–Kier alpha value is -2.56. The summed E-state index contributed by atoms with van der Waals surface area (Å²) < 4.78 is 13.0. The molecule has 0 heterocycles. The zero-order valence-electron chi connectivity index (χ0n) is 9.17. The van der Waals surface area contributed by atoms with E-state index in [4.69, 9.17) is 0 Å². The minimum atomic E-state index is -0.765. The first kappa shape index (κ1) is 11.9. The molecule has 0 unspecified atom stereocenters. The van der Waals surface area contributed by atoms with Gasteiger partial charge in [-0.15, -0.1) is 0 Å². The summed E-state index contributed by atoms with van der Waals surface area (Å²) in [6.45, 7) is 0. The van der Waals surface area contributed by atoms with Crippen LogP contribution in [-0.2, 0) is 0 Å². The smallest absolute Gasteiger partial charge is 0.283 e. The number of hydrogen-bond acceptors (Lipinski definition) is 3. The van der Waals surface area contributed by atoms with Crippen LogP contribution >= 0.6 is 0 Å². The quantitative estimate of drug-likeness (QED) is 0.474. The number of carbonyl (C=O) groups excluding carboxylic acids is 1. The summed E-state index contributed by atoms with van der Waals surface area (Å²) in [4.78, 5) is 22.1. The van der Waals surface area contributed by atoms with Gasteiger partial charge in [-0.05, 0) is 12.1 Å². The first-order chi connectivity index (χ1) is 8.59. The Balaban J connectivity index is 2.52. The number of benzene rings is 2. The lowest BCUT2D eigenvalue weighted by Crippen LogP contribution is -2.05. The molecule has 2 aromatic carbocycles. The highest BCUT2D eigenvalue weighted by atomic mass is 19.1. The summed E-state index contributed by atoms with van der Waals surface area (Å²) in [5.41, 5.74) is -0.316. The van der Waals surface area contributed by atoms with Crippen LogP contribution in [0, 0.1) is 15.9 Å². The van der Waals surface area contributed by atoms with E-state index in [0.29, 0.717) is 5.56 Å². The van der Waals surface area contributed by atoms with Crippen LogP contribution in [0.1, 0.15) is 15.9 Å². The fourth-order valence-electron chi connectivity index (χ4n) is 1.59. The van der Waals surface area contributed by atoms with Gasteiger partial charge in [0.2, 0.25) is 0 Å². The number of ketones is 1. The van der Waals surface area contributed by atoms with Crippen LogP contribution in [0.25, 0.3) is 0 Å². The van der Waals surface area contributed by atoms with Crippen LogP contribution in [0.3, 0.4) is 0 Å². The fraction of sp³-hybridized carbons (Fsp3) is 0. The van der Waals surface area contributed by atoms with Gasteiger partial charge in [0.05, 0.1) is 11.0 Å². The van der Waals surface area contributed by atoms with Crippen LogP contribution in [0.2, 0.25) is 0 Å². The van der Waals surface area contributed by atoms with Gasteiger partial charge >= 0.3 is 0 Å². The monoisotopic (exact) mass is 245 g/mol. The summed E-state index contributed by atoms with van der Waals surface area (Å²) in [5.74, 6) is -1.24. The predicted octanol–water partition coefficient (Wildman–Crippen LogP) is 2.96. The predicted molar refractivity (Wildman–Crippen MR) is 62.9 cm³/mol. The zero-order chi connectivity index (χ0) is 13.1. The van der Waals surface area contributed by atoms with Crippen molar-refractivity contribution in [2.75, 3.05) is 0 Å². The molecule has 0 aliphatic carbocycles. The van der Waals surface area contributed by atoms with E-state index in [1.165, 1.54) is 0 Å². The van der Waals surface area contributed by atoms with Gasteiger partial charge in [0.15, 0.2) is 5.78 Å². The zero-order valence-corrected chi connectivity index (χ0v) is 9.17. The highest BCUT2D eigenvalue weighted by Crippen LogP contribution is 2.22. The van der Waals surface area contributed by atoms with Gasteiger partial charge in [0.1, 0.15) is 11.4 Å². The average Bonchev–Trinajstić information content (AvgIpc) is 2.39. The summed E-state index contributed by atoms with van der Waals surface area (Å²) in [5, 5.41) is 10.8. The van der Waals surface area contributed by atoms with E-state index < -0.39 is 22.2 Å². The van der Waals surface area contributed by atoms with Gasteiger partial charge in [-0.2, -0.15) is 0 Å². The second-order valence-corrected chi connectivity index (χ2v) is 3.61. The van der Waals surface area contributed by atoms with Gasteiger partial charge in [-0.1, -0.05) is 30.3 Å². The summed E-state index contributed by atoms with van der Waals surface area (Å²) in [6, 6.07) is 11.0. The molecule has 0 aromatic heterocycles. The lowest BCUT2D eigenvalue weighted by Gasteiger charge is -2.02. The van der Waals surface area contributed by atoms with Crippen LogP contribution in [0.5, 0.6) is 0 Å². The average molecular weight is 245 g/mol. The van der Waals surface area contributed by atoms with Gasteiger partial charge in [0, 0.05) is 5.56 Å². The van der Waals surface area contributed by atoms with E-state index in [9.17, 15) is 19.3 Å². The van der Waals surface area contributed by atoms with Gasteiger partial charge in [-0.25, -0.2) is 4.39 Å². The lowest BCUT2D eigenvalue weighted by molar-refractivity contribution is -0.385. The third-order valence-electron chi connectivity index (χ3n) is 2.44. The summed E-state index contributed by atoms with van der Waals surface area (Å²) >= 11 is 0. The molecule has 18 heavy (non-hydrogen) atoms. The Morgan fingerprint density at radius 1 is 1.11 bits per heavy atom. The first-order valence-corrected chi connectivity index (χ1v) is 5.13. The van der Waals surface area contributed by atoms with E-state index in [0.717, 1.165) is 18.2 Å². The molecule has 5 heteroatoms. The maximum Gasteiger partial charge on any atom is 0.283 e. The molecule has 90 valence electrons. The molecule has 2 aromatic rings. The molecule has 0 spiro atoms. The second kappa shape index (κ2) is 4.75. The van der Waals surface area contributed by atoms with E-state index in [1.54, 1.807) is 30.3 Å². The summed E-state index contributed by atoms with van der Waals surface area (Å²) in [6.07, 6.45) is 0. The van der Waals surface area contributed by atoms with Crippen LogP contribution in [0.15, 0.2) is 48.5 Å². The maximum absolute atomic E-state index is 13.0. The van der Waals surface area contributed by atoms with Gasteiger partial charge < -0.3 is 0 Å². The number of rotatable bonds is 3. The highest BCUT2D eigenvalue weighted by molar-refractivity contribution is 6.11. The molecule has 0 aliphatic rings. The highest BCUT2D eigenvalue weighted by Gasteiger charge is 2.21. The van der Waals surface area contributed by atoms with Crippen molar-refractivity contribution in [2.24, 2.45) is 0 Å². The first-order valence-electron chi connectivity index (χ1n) is 5.13. The molecular weight excluding hydrogens is 237 g/mol. The molecule has 0 bridgehead atoms. The van der Waals surface area contributed by atoms with Crippen LogP contribution in [0.4, 0.5) is 10.1 Å². The second-order valence-electron chi connectivity index (χ2n) is 3.61. The number of hydrogen-bond donors (Lipinski definition) is 0. The molecule has 0 saturated carbocycles. The molecular formula is C13H8FNO3. The molecule has 2 rings (SSSR count). The Morgan fingerprint density at radius 3 is 2.39 bits per heavy atom. The molecule has 0 amide bonds. The van der Waals surface area contributed by atoms with E-state index in [2.05, 4.69) is 0 Å². The minimum absolute atomic E-state index is 0.118. The molecule has 4 nitrogen and oxygen atoms in total. The van der Waals surface area contributed by atoms with Crippen molar-refractivity contribution in [1.82, 2.24) is 0 Å². The molecule has 0 atom stereocenters. The number of nitro benzene ring substituents is 1. The standard InChI is InChI=1S/C13H8FNO3/c14-10-6-7-11(12(8-10)15(17)18)13(16)9-4-2-1-3-5-9/h1-8H. The van der Waals surface area contributed by atoms with E-state index in [-0.39, 0.29) is 5.56 Å². The number of nitrogens with zero attached hydrogens (tertiary/aromatic N) is 1. The molecule has 0 saturated heterocycles. The fourth-order valence-corrected chi connectivity index (χ4v) is 1.59. The van der Waals surface area contributed by atoms with Crippen molar-refractivity contribution in [2.45, 2.75) is 0 Å². The van der Waals surface area contributed by atoms with Crippen molar-refractivity contribution < 1.29 is 14.1 Å². The number of nitro groups is 1. The van der Waals surface area contributed by atoms with E-state index >= 15 is 0 Å². The van der Waals surface area contributed by atoms with Crippen molar-refractivity contribution in [3.63, 3.8) is 0 Å². The number of carbonyl (C=O) groups is 1. The van der Waals surface area contributed by atoms with Crippen LogP contribution < -0.4 is 0 Å². The van der Waals surface area contributed by atoms with Gasteiger partial charge in [-0.3, -0.25) is 14.9 Å². The van der Waals surface area contributed by atoms with E-state index in [1.807, 2.05) is 0 Å². The molecule has 0 radical (unpaired) electrons. The number of halogens is 1. The van der Waals surface area contributed by atoms with Crippen molar-refractivity contribution in [3.8, 4) is 0 Å². The summed E-state index contributed by atoms with van der Waals surface area (Å²) in [7, 11) is 0. The van der Waals surface area contributed by atoms with Crippen molar-refractivity contribution in [3.05, 3.63) is 75.6 Å². The maximum atomic E-state index is 13.0. The Bertz CT molecular complexity index is 611. The minimum Gasteiger partial charge on any atom is -0.288 e.